The molecule has 3 rings (SSSR count). The van der Waals surface area contributed by atoms with Crippen molar-refractivity contribution in [3.05, 3.63) is 35.4 Å². The van der Waals surface area contributed by atoms with E-state index in [-0.39, 0.29) is 6.61 Å². The molecule has 0 aromatic heterocycles. The highest BCUT2D eigenvalue weighted by Gasteiger charge is 2.26. The van der Waals surface area contributed by atoms with E-state index in [0.717, 1.165) is 24.4 Å². The summed E-state index contributed by atoms with van der Waals surface area (Å²) in [4.78, 5) is 2.66. The first kappa shape index (κ1) is 15.0. The van der Waals surface area contributed by atoms with Crippen molar-refractivity contribution < 1.29 is 5.11 Å². The van der Waals surface area contributed by atoms with Crippen LogP contribution in [0.25, 0.3) is 0 Å². The number of hydrogen-bond acceptors (Lipinski definition) is 3. The van der Waals surface area contributed by atoms with Gasteiger partial charge in [-0.05, 0) is 68.8 Å². The molecule has 1 saturated carbocycles. The van der Waals surface area contributed by atoms with E-state index in [2.05, 4.69) is 22.3 Å². The summed E-state index contributed by atoms with van der Waals surface area (Å²) in [5.74, 6) is 1.02. The second kappa shape index (κ2) is 7.39. The Kier molecular flexibility index (Phi) is 5.28. The number of nitrogens with zero attached hydrogens (tertiary/aromatic N) is 1. The minimum atomic E-state index is 0.137. The molecule has 1 aliphatic heterocycles. The van der Waals surface area contributed by atoms with Crippen LogP contribution in [-0.4, -0.2) is 42.2 Å². The number of aliphatic hydroxyl groups excluding tert-OH is 1. The molecule has 0 radical (unpaired) electrons. The number of piperidine rings is 1. The van der Waals surface area contributed by atoms with Gasteiger partial charge in [-0.1, -0.05) is 24.3 Å². The summed E-state index contributed by atoms with van der Waals surface area (Å²) in [6, 6.07) is 9.01. The molecule has 0 bridgehead atoms. The van der Waals surface area contributed by atoms with Crippen molar-refractivity contribution in [2.45, 2.75) is 44.8 Å². The number of aliphatic hydroxyl groups is 1. The fourth-order valence-electron chi connectivity index (χ4n) is 3.22. The van der Waals surface area contributed by atoms with Crippen molar-refractivity contribution in [3.63, 3.8) is 0 Å². The van der Waals surface area contributed by atoms with Crippen LogP contribution in [0, 0.1) is 5.92 Å². The van der Waals surface area contributed by atoms with Crippen LogP contribution in [0.3, 0.4) is 0 Å². The SMILES string of the molecule is OCc1ccc(CCNC2CCN(CC3CC3)CC2)cc1. The van der Waals surface area contributed by atoms with Gasteiger partial charge in [0.2, 0.25) is 0 Å². The Labute approximate surface area is 128 Å². The van der Waals surface area contributed by atoms with Crippen LogP contribution in [0.5, 0.6) is 0 Å². The monoisotopic (exact) mass is 288 g/mol. The maximum Gasteiger partial charge on any atom is 0.0681 e. The van der Waals surface area contributed by atoms with E-state index < -0.39 is 0 Å². The molecule has 3 nitrogen and oxygen atoms in total. The van der Waals surface area contributed by atoms with Gasteiger partial charge in [0.15, 0.2) is 0 Å². The lowest BCUT2D eigenvalue weighted by molar-refractivity contribution is 0.191. The standard InChI is InChI=1S/C18H28N2O/c21-14-17-5-1-15(2-6-17)7-10-19-18-8-11-20(12-9-18)13-16-3-4-16/h1-2,5-6,16,18-19,21H,3-4,7-14H2. The van der Waals surface area contributed by atoms with E-state index in [0.29, 0.717) is 6.04 Å². The highest BCUT2D eigenvalue weighted by Crippen LogP contribution is 2.30. The molecular formula is C18H28N2O. The minimum absolute atomic E-state index is 0.137. The van der Waals surface area contributed by atoms with E-state index in [1.807, 2.05) is 12.1 Å². The van der Waals surface area contributed by atoms with Gasteiger partial charge in [-0.15, -0.1) is 0 Å². The van der Waals surface area contributed by atoms with Gasteiger partial charge >= 0.3 is 0 Å². The van der Waals surface area contributed by atoms with Gasteiger partial charge in [0.1, 0.15) is 0 Å². The second-order valence-electron chi connectivity index (χ2n) is 6.70. The van der Waals surface area contributed by atoms with Crippen LogP contribution >= 0.6 is 0 Å². The highest BCUT2D eigenvalue weighted by molar-refractivity contribution is 5.22. The Hall–Kier alpha value is -0.900. The summed E-state index contributed by atoms with van der Waals surface area (Å²) < 4.78 is 0. The lowest BCUT2D eigenvalue weighted by atomic mass is 10.0. The molecular weight excluding hydrogens is 260 g/mol. The van der Waals surface area contributed by atoms with Crippen LogP contribution in [0.4, 0.5) is 0 Å². The quantitative estimate of drug-likeness (QED) is 0.807. The number of benzene rings is 1. The summed E-state index contributed by atoms with van der Waals surface area (Å²) in [6.07, 6.45) is 6.61. The van der Waals surface area contributed by atoms with Crippen molar-refractivity contribution >= 4 is 0 Å². The average molecular weight is 288 g/mol. The molecule has 21 heavy (non-hydrogen) atoms. The van der Waals surface area contributed by atoms with Gasteiger partial charge in [0.05, 0.1) is 6.61 Å². The first-order valence-corrected chi connectivity index (χ1v) is 8.48. The van der Waals surface area contributed by atoms with Crippen molar-refractivity contribution in [3.8, 4) is 0 Å². The zero-order valence-electron chi connectivity index (χ0n) is 12.9. The smallest absolute Gasteiger partial charge is 0.0681 e. The normalized spacial score (nSPS) is 20.8. The Morgan fingerprint density at radius 3 is 2.29 bits per heavy atom. The number of likely N-dealkylation sites (tertiary alicyclic amines) is 1. The average Bonchev–Trinajstić information content (AvgIpc) is 3.34. The maximum absolute atomic E-state index is 9.04. The minimum Gasteiger partial charge on any atom is -0.392 e. The molecule has 0 amide bonds. The summed E-state index contributed by atoms with van der Waals surface area (Å²) >= 11 is 0. The first-order chi connectivity index (χ1) is 10.3. The lowest BCUT2D eigenvalue weighted by Gasteiger charge is -2.32. The van der Waals surface area contributed by atoms with Crippen LogP contribution in [0.15, 0.2) is 24.3 Å². The predicted octanol–water partition coefficient (Wildman–Crippen LogP) is 2.19. The van der Waals surface area contributed by atoms with E-state index in [9.17, 15) is 0 Å². The first-order valence-electron chi connectivity index (χ1n) is 8.48. The zero-order valence-corrected chi connectivity index (χ0v) is 12.9. The molecule has 0 unspecified atom stereocenters. The molecule has 2 N–H and O–H groups in total. The van der Waals surface area contributed by atoms with Crippen molar-refractivity contribution in [1.29, 1.82) is 0 Å². The van der Waals surface area contributed by atoms with E-state index in [4.69, 9.17) is 5.11 Å². The number of hydrogen-bond donors (Lipinski definition) is 2. The van der Waals surface area contributed by atoms with Gasteiger partial charge in [-0.25, -0.2) is 0 Å². The topological polar surface area (TPSA) is 35.5 Å². The predicted molar refractivity (Wildman–Crippen MR) is 86.3 cm³/mol. The second-order valence-corrected chi connectivity index (χ2v) is 6.70. The maximum atomic E-state index is 9.04. The summed E-state index contributed by atoms with van der Waals surface area (Å²) in [5, 5.41) is 12.8. The number of rotatable bonds is 7. The van der Waals surface area contributed by atoms with E-state index in [1.54, 1.807) is 0 Å². The lowest BCUT2D eigenvalue weighted by Crippen LogP contribution is -2.43. The third kappa shape index (κ3) is 4.80. The largest absolute Gasteiger partial charge is 0.392 e. The molecule has 1 aromatic rings. The van der Waals surface area contributed by atoms with Gasteiger partial charge in [0.25, 0.3) is 0 Å². The molecule has 1 saturated heterocycles. The molecule has 2 fully saturated rings. The van der Waals surface area contributed by atoms with Crippen molar-refractivity contribution in [1.82, 2.24) is 10.2 Å². The Bertz CT molecular complexity index is 419. The molecule has 1 heterocycles. The van der Waals surface area contributed by atoms with Gasteiger partial charge in [-0.2, -0.15) is 0 Å². The fraction of sp³-hybridized carbons (Fsp3) is 0.667. The van der Waals surface area contributed by atoms with E-state index in [1.165, 1.54) is 50.9 Å². The fourth-order valence-corrected chi connectivity index (χ4v) is 3.22. The third-order valence-corrected chi connectivity index (χ3v) is 4.85. The van der Waals surface area contributed by atoms with Crippen LogP contribution in [0.2, 0.25) is 0 Å². The van der Waals surface area contributed by atoms with Crippen molar-refractivity contribution in [2.24, 2.45) is 5.92 Å². The highest BCUT2D eigenvalue weighted by atomic mass is 16.3. The summed E-state index contributed by atoms with van der Waals surface area (Å²) in [7, 11) is 0. The summed E-state index contributed by atoms with van der Waals surface area (Å²) in [6.45, 7) is 5.10. The molecule has 3 heteroatoms. The molecule has 1 aliphatic carbocycles. The Morgan fingerprint density at radius 1 is 1.00 bits per heavy atom. The third-order valence-electron chi connectivity index (χ3n) is 4.85. The zero-order chi connectivity index (χ0) is 14.5. The summed E-state index contributed by atoms with van der Waals surface area (Å²) in [5.41, 5.74) is 2.35. The van der Waals surface area contributed by atoms with Crippen LogP contribution in [0.1, 0.15) is 36.8 Å². The van der Waals surface area contributed by atoms with Gasteiger partial charge < -0.3 is 15.3 Å². The molecule has 0 atom stereocenters. The van der Waals surface area contributed by atoms with Gasteiger partial charge in [0, 0.05) is 12.6 Å². The number of nitrogens with one attached hydrogen (secondary N) is 1. The van der Waals surface area contributed by atoms with E-state index >= 15 is 0 Å². The van der Waals surface area contributed by atoms with Crippen molar-refractivity contribution in [2.75, 3.05) is 26.2 Å². The Balaban J connectivity index is 1.32. The molecule has 1 aromatic carbocycles. The van der Waals surface area contributed by atoms with Crippen LogP contribution in [-0.2, 0) is 13.0 Å². The van der Waals surface area contributed by atoms with Gasteiger partial charge in [-0.3, -0.25) is 0 Å². The molecule has 0 spiro atoms. The Morgan fingerprint density at radius 2 is 1.67 bits per heavy atom. The molecule has 2 aliphatic rings. The molecule has 116 valence electrons. The van der Waals surface area contributed by atoms with Crippen LogP contribution < -0.4 is 5.32 Å².